The van der Waals surface area contributed by atoms with Gasteiger partial charge in [0.1, 0.15) is 12.0 Å². The quantitative estimate of drug-likeness (QED) is 0.0992. The molecule has 0 aliphatic carbocycles. The van der Waals surface area contributed by atoms with Gasteiger partial charge >= 0.3 is 0 Å². The number of aromatic nitrogens is 1. The molecular weight excluding hydrogens is 510 g/mol. The van der Waals surface area contributed by atoms with Crippen molar-refractivity contribution < 1.29 is 13.6 Å². The summed E-state index contributed by atoms with van der Waals surface area (Å²) in [6, 6.07) is 8.58. The van der Waals surface area contributed by atoms with Gasteiger partial charge in [-0.2, -0.15) is 4.39 Å². The zero-order valence-electron chi connectivity index (χ0n) is 20.8. The lowest BCUT2D eigenvalue weighted by Gasteiger charge is -2.10. The van der Waals surface area contributed by atoms with Gasteiger partial charge in [-0.1, -0.05) is 25.6 Å². The third kappa shape index (κ3) is 9.23. The lowest BCUT2D eigenvalue weighted by atomic mass is 9.99. The summed E-state index contributed by atoms with van der Waals surface area (Å²) in [6.45, 7) is 4.09. The molecule has 2 aromatic heterocycles. The van der Waals surface area contributed by atoms with Crippen molar-refractivity contribution in [2.24, 2.45) is 33.0 Å². The van der Waals surface area contributed by atoms with E-state index in [-0.39, 0.29) is 26.1 Å². The molecule has 9 nitrogen and oxygen atoms in total. The fraction of sp³-hybridized carbons (Fsp3) is 0.231. The summed E-state index contributed by atoms with van der Waals surface area (Å²) < 4.78 is 29.5. The Morgan fingerprint density at radius 2 is 1.92 bits per heavy atom. The highest BCUT2D eigenvalue weighted by Crippen LogP contribution is 2.39. The standard InChI is InChI=1S/C23H22F2N6OS.2CH5N.CH4/c1-28-22(19(24)14-29-7-9-31(27)8-6-26)20-11-15-3-2-4-17(23(15)33-20)18-12-21(25)30-13-16(18)5-10-32;2*1-2;/h2-4,6,8,10-14H,1,5,7,9,26-27H2;2*2H2,1H3;1H4/b8-6-,22-19+,29-14?;;;. The Bertz CT molecular complexity index is 1260. The predicted molar refractivity (Wildman–Crippen MR) is 157 cm³/mol. The van der Waals surface area contributed by atoms with Crippen LogP contribution in [0.2, 0.25) is 0 Å². The smallest absolute Gasteiger partial charge is 0.213 e. The van der Waals surface area contributed by atoms with E-state index in [0.29, 0.717) is 22.5 Å². The van der Waals surface area contributed by atoms with Crippen LogP contribution in [0.25, 0.3) is 26.9 Å². The van der Waals surface area contributed by atoms with Gasteiger partial charge in [0.05, 0.1) is 24.2 Å². The van der Waals surface area contributed by atoms with Gasteiger partial charge in [0.2, 0.25) is 5.95 Å². The number of aldehydes is 1. The van der Waals surface area contributed by atoms with Crippen LogP contribution in [0.1, 0.15) is 17.9 Å². The number of hydrogen-bond acceptors (Lipinski definition) is 10. The molecule has 206 valence electrons. The van der Waals surface area contributed by atoms with Crippen LogP contribution in [0.3, 0.4) is 0 Å². The number of aliphatic imine (C=N–C) groups is 2. The zero-order valence-corrected chi connectivity index (χ0v) is 21.6. The van der Waals surface area contributed by atoms with E-state index in [0.717, 1.165) is 28.2 Å². The molecule has 2 heterocycles. The van der Waals surface area contributed by atoms with Crippen molar-refractivity contribution in [2.75, 3.05) is 27.2 Å². The van der Waals surface area contributed by atoms with Crippen LogP contribution in [0.15, 0.2) is 64.7 Å². The van der Waals surface area contributed by atoms with Crippen molar-refractivity contribution in [3.05, 3.63) is 71.1 Å². The molecule has 0 bridgehead atoms. The Balaban J connectivity index is 0.00000261. The van der Waals surface area contributed by atoms with Crippen molar-refractivity contribution in [1.82, 2.24) is 9.99 Å². The second-order valence-electron chi connectivity index (χ2n) is 6.84. The number of allylic oxidation sites excluding steroid dienone is 1. The number of halogens is 2. The molecule has 0 aliphatic rings. The first kappa shape index (κ1) is 34.2. The average Bonchev–Trinajstić information content (AvgIpc) is 3.35. The average molecular weight is 547 g/mol. The van der Waals surface area contributed by atoms with Gasteiger partial charge in [0.15, 0.2) is 5.83 Å². The van der Waals surface area contributed by atoms with Crippen LogP contribution in [0.5, 0.6) is 0 Å². The molecule has 0 unspecified atom stereocenters. The molecule has 0 saturated heterocycles. The van der Waals surface area contributed by atoms with Crippen molar-refractivity contribution in [1.29, 1.82) is 0 Å². The van der Waals surface area contributed by atoms with Gasteiger partial charge < -0.3 is 27.0 Å². The summed E-state index contributed by atoms with van der Waals surface area (Å²) in [5.41, 5.74) is 16.2. The van der Waals surface area contributed by atoms with Crippen LogP contribution < -0.4 is 23.0 Å². The van der Waals surface area contributed by atoms with Gasteiger partial charge in [0, 0.05) is 41.3 Å². The number of hydrogen-bond donors (Lipinski definition) is 4. The van der Waals surface area contributed by atoms with Gasteiger partial charge in [-0.05, 0) is 43.4 Å². The van der Waals surface area contributed by atoms with Crippen molar-refractivity contribution in [2.45, 2.75) is 13.8 Å². The number of pyridine rings is 1. The van der Waals surface area contributed by atoms with Crippen molar-refractivity contribution in [3.63, 3.8) is 0 Å². The molecule has 1 aromatic carbocycles. The number of thiophene rings is 1. The molecule has 0 radical (unpaired) electrons. The molecule has 0 saturated carbocycles. The molecule has 0 spiro atoms. The van der Waals surface area contributed by atoms with Crippen LogP contribution in [0.4, 0.5) is 8.78 Å². The highest BCUT2D eigenvalue weighted by Gasteiger charge is 2.16. The molecule has 0 fully saturated rings. The van der Waals surface area contributed by atoms with Gasteiger partial charge in [-0.3, -0.25) is 9.98 Å². The maximum absolute atomic E-state index is 14.8. The number of carbonyl (C=O) groups excluding carboxylic acids is 1. The lowest BCUT2D eigenvalue weighted by Crippen LogP contribution is -2.27. The highest BCUT2D eigenvalue weighted by molar-refractivity contribution is 7.20. The van der Waals surface area contributed by atoms with E-state index in [2.05, 4.69) is 33.2 Å². The van der Waals surface area contributed by atoms with Crippen molar-refractivity contribution in [3.8, 4) is 11.1 Å². The minimum atomic E-state index is -0.651. The molecule has 3 rings (SSSR count). The van der Waals surface area contributed by atoms with Crippen molar-refractivity contribution >= 4 is 46.3 Å². The molecule has 0 atom stereocenters. The molecule has 0 aliphatic heterocycles. The number of carbonyl (C=O) groups is 1. The molecular formula is C26H36F2N8OS. The van der Waals surface area contributed by atoms with Gasteiger partial charge in [0.25, 0.3) is 0 Å². The third-order valence-corrected chi connectivity index (χ3v) is 5.87. The molecule has 0 amide bonds. The van der Waals surface area contributed by atoms with E-state index >= 15 is 0 Å². The number of fused-ring (bicyclic) bond motifs is 1. The minimum Gasteiger partial charge on any atom is -0.403 e. The van der Waals surface area contributed by atoms with Crippen LogP contribution in [0, 0.1) is 5.95 Å². The summed E-state index contributed by atoms with van der Waals surface area (Å²) >= 11 is 1.29. The normalized spacial score (nSPS) is 11.1. The summed E-state index contributed by atoms with van der Waals surface area (Å²) in [7, 11) is 3.00. The fourth-order valence-corrected chi connectivity index (χ4v) is 4.39. The first-order chi connectivity index (χ1) is 18.0. The molecule has 3 aromatic rings. The number of nitrogens with zero attached hydrogens (tertiary/aromatic N) is 4. The summed E-state index contributed by atoms with van der Waals surface area (Å²) in [6.07, 6.45) is 6.04. The van der Waals surface area contributed by atoms with E-state index in [9.17, 15) is 13.6 Å². The monoisotopic (exact) mass is 546 g/mol. The van der Waals surface area contributed by atoms with Crippen LogP contribution >= 0.6 is 11.3 Å². The minimum absolute atomic E-state index is 0. The first-order valence-corrected chi connectivity index (χ1v) is 11.8. The molecule has 38 heavy (non-hydrogen) atoms. The Morgan fingerprint density at radius 3 is 2.55 bits per heavy atom. The Labute approximate surface area is 226 Å². The number of benzene rings is 1. The van der Waals surface area contributed by atoms with E-state index in [4.69, 9.17) is 11.6 Å². The highest BCUT2D eigenvalue weighted by atomic mass is 32.1. The first-order valence-electron chi connectivity index (χ1n) is 11.0. The molecule has 8 N–H and O–H groups in total. The van der Waals surface area contributed by atoms with E-state index in [1.54, 1.807) is 6.07 Å². The predicted octanol–water partition coefficient (Wildman–Crippen LogP) is 3.64. The van der Waals surface area contributed by atoms with E-state index in [1.807, 2.05) is 18.2 Å². The number of rotatable bonds is 10. The second-order valence-corrected chi connectivity index (χ2v) is 7.89. The fourth-order valence-electron chi connectivity index (χ4n) is 3.19. The summed E-state index contributed by atoms with van der Waals surface area (Å²) in [5, 5.41) is 2.15. The van der Waals surface area contributed by atoms with E-state index < -0.39 is 11.8 Å². The SMILES string of the molecule is C.C=N/C(=C(/F)C=NCCN(N)/C=C\N)c1cc2cccc(-c3cc(F)ncc3CC=O)c2s1.CN.CN. The number of hydrazine groups is 1. The van der Waals surface area contributed by atoms with E-state index in [1.165, 1.54) is 55.1 Å². The third-order valence-electron chi connectivity index (χ3n) is 4.68. The van der Waals surface area contributed by atoms with Gasteiger partial charge in [-0.15, -0.1) is 11.3 Å². The Kier molecular flexibility index (Phi) is 16.6. The Morgan fingerprint density at radius 1 is 1.21 bits per heavy atom. The largest absolute Gasteiger partial charge is 0.403 e. The Hall–Kier alpha value is -3.84. The topological polar surface area (TPSA) is 162 Å². The molecule has 12 heteroatoms. The summed E-state index contributed by atoms with van der Waals surface area (Å²) in [4.78, 5) is 23.1. The lowest BCUT2D eigenvalue weighted by molar-refractivity contribution is -0.107. The van der Waals surface area contributed by atoms with Gasteiger partial charge in [-0.25, -0.2) is 15.2 Å². The van der Waals surface area contributed by atoms with Crippen LogP contribution in [-0.4, -0.2) is 56.4 Å². The van der Waals surface area contributed by atoms with Crippen LogP contribution in [-0.2, 0) is 11.2 Å². The second kappa shape index (κ2) is 18.4. The zero-order chi connectivity index (χ0) is 27.8. The number of nitrogens with two attached hydrogens (primary N) is 4. The maximum atomic E-state index is 14.8. The maximum Gasteiger partial charge on any atom is 0.213 e. The summed E-state index contributed by atoms with van der Waals surface area (Å²) in [5.74, 6) is 4.34.